The van der Waals surface area contributed by atoms with Gasteiger partial charge in [-0.05, 0) is 20.4 Å². The molecule has 1 saturated heterocycles. The van der Waals surface area contributed by atoms with Crippen molar-refractivity contribution >= 4 is 17.3 Å². The van der Waals surface area contributed by atoms with Crippen LogP contribution in [0, 0.1) is 0 Å². The summed E-state index contributed by atoms with van der Waals surface area (Å²) in [7, 11) is 2.15. The SMILES string of the molecule is CC1CC(Nc2cc3c(cc2Cl)OCO3)CN1C. The van der Waals surface area contributed by atoms with Crippen LogP contribution in [0.3, 0.4) is 0 Å². The first kappa shape index (κ1) is 11.9. The lowest BCUT2D eigenvalue weighted by Crippen LogP contribution is -2.24. The van der Waals surface area contributed by atoms with Gasteiger partial charge in [0.15, 0.2) is 11.5 Å². The standard InChI is InChI=1S/C13H17ClN2O2/c1-8-3-9(6-16(8)2)15-11-5-13-12(4-10(11)14)17-7-18-13/h4-5,8-9,15H,3,6-7H2,1-2H3. The van der Waals surface area contributed by atoms with Crippen molar-refractivity contribution in [1.82, 2.24) is 4.90 Å². The van der Waals surface area contributed by atoms with E-state index >= 15 is 0 Å². The molecule has 1 N–H and O–H groups in total. The summed E-state index contributed by atoms with van der Waals surface area (Å²) in [5.41, 5.74) is 0.924. The van der Waals surface area contributed by atoms with E-state index in [1.54, 1.807) is 0 Å². The van der Waals surface area contributed by atoms with E-state index < -0.39 is 0 Å². The maximum absolute atomic E-state index is 6.25. The number of fused-ring (bicyclic) bond motifs is 1. The van der Waals surface area contributed by atoms with Crippen molar-refractivity contribution in [2.24, 2.45) is 0 Å². The molecule has 2 aliphatic rings. The summed E-state index contributed by atoms with van der Waals surface area (Å²) in [5, 5.41) is 4.17. The molecule has 2 aliphatic heterocycles. The highest BCUT2D eigenvalue weighted by Crippen LogP contribution is 2.39. The molecule has 1 aromatic rings. The zero-order chi connectivity index (χ0) is 12.7. The van der Waals surface area contributed by atoms with Gasteiger partial charge in [-0.25, -0.2) is 0 Å². The Labute approximate surface area is 112 Å². The normalized spacial score (nSPS) is 26.6. The van der Waals surface area contributed by atoms with E-state index in [1.807, 2.05) is 12.1 Å². The lowest BCUT2D eigenvalue weighted by molar-refractivity contribution is 0.174. The van der Waals surface area contributed by atoms with Crippen LogP contribution in [0.4, 0.5) is 5.69 Å². The highest BCUT2D eigenvalue weighted by molar-refractivity contribution is 6.33. The van der Waals surface area contributed by atoms with Crippen LogP contribution in [-0.4, -0.2) is 37.4 Å². The van der Waals surface area contributed by atoms with Crippen LogP contribution >= 0.6 is 11.6 Å². The number of rotatable bonds is 2. The summed E-state index contributed by atoms with van der Waals surface area (Å²) in [5.74, 6) is 1.49. The molecule has 0 aliphatic carbocycles. The van der Waals surface area contributed by atoms with Gasteiger partial charge in [0.1, 0.15) is 0 Å². The number of hydrogen-bond donors (Lipinski definition) is 1. The third kappa shape index (κ3) is 2.10. The first-order chi connectivity index (χ1) is 8.63. The number of likely N-dealkylation sites (N-methyl/N-ethyl adjacent to an activating group) is 1. The largest absolute Gasteiger partial charge is 0.454 e. The van der Waals surface area contributed by atoms with Gasteiger partial charge in [0, 0.05) is 30.8 Å². The quantitative estimate of drug-likeness (QED) is 0.894. The van der Waals surface area contributed by atoms with E-state index in [4.69, 9.17) is 21.1 Å². The number of nitrogens with zero attached hydrogens (tertiary/aromatic N) is 1. The Bertz CT molecular complexity index is 457. The molecule has 0 saturated carbocycles. The van der Waals surface area contributed by atoms with Gasteiger partial charge in [-0.15, -0.1) is 0 Å². The van der Waals surface area contributed by atoms with Gasteiger partial charge < -0.3 is 19.7 Å². The number of benzene rings is 1. The summed E-state index contributed by atoms with van der Waals surface area (Å²) < 4.78 is 10.7. The summed E-state index contributed by atoms with van der Waals surface area (Å²) in [6.07, 6.45) is 1.13. The van der Waals surface area contributed by atoms with Crippen LogP contribution in [-0.2, 0) is 0 Å². The molecule has 2 unspecified atom stereocenters. The minimum Gasteiger partial charge on any atom is -0.454 e. The Kier molecular flexibility index (Phi) is 2.99. The third-order valence-corrected chi connectivity index (χ3v) is 4.02. The van der Waals surface area contributed by atoms with Gasteiger partial charge in [-0.1, -0.05) is 11.6 Å². The van der Waals surface area contributed by atoms with Crippen molar-refractivity contribution in [2.75, 3.05) is 25.7 Å². The van der Waals surface area contributed by atoms with Crippen molar-refractivity contribution in [2.45, 2.75) is 25.4 Å². The van der Waals surface area contributed by atoms with Gasteiger partial charge in [-0.2, -0.15) is 0 Å². The smallest absolute Gasteiger partial charge is 0.231 e. The zero-order valence-corrected chi connectivity index (χ0v) is 11.3. The molecule has 1 fully saturated rings. The number of likely N-dealkylation sites (tertiary alicyclic amines) is 1. The molecule has 2 atom stereocenters. The van der Waals surface area contributed by atoms with Gasteiger partial charge in [0.2, 0.25) is 6.79 Å². The molecule has 4 nitrogen and oxygen atoms in total. The lowest BCUT2D eigenvalue weighted by Gasteiger charge is -2.15. The molecule has 3 rings (SSSR count). The van der Waals surface area contributed by atoms with Crippen molar-refractivity contribution in [1.29, 1.82) is 0 Å². The van der Waals surface area contributed by atoms with Crippen LogP contribution in [0.1, 0.15) is 13.3 Å². The van der Waals surface area contributed by atoms with E-state index in [2.05, 4.69) is 24.2 Å². The molecule has 5 heteroatoms. The van der Waals surface area contributed by atoms with E-state index in [9.17, 15) is 0 Å². The minimum atomic E-state index is 0.276. The fourth-order valence-corrected chi connectivity index (χ4v) is 2.75. The Morgan fingerprint density at radius 1 is 1.33 bits per heavy atom. The first-order valence-electron chi connectivity index (χ1n) is 6.19. The summed E-state index contributed by atoms with van der Waals surface area (Å²) in [6.45, 7) is 3.55. The molecule has 98 valence electrons. The summed E-state index contributed by atoms with van der Waals surface area (Å²) >= 11 is 6.25. The Hall–Kier alpha value is -1.13. The van der Waals surface area contributed by atoms with Crippen molar-refractivity contribution in [3.05, 3.63) is 17.2 Å². The predicted molar refractivity (Wildman–Crippen MR) is 71.7 cm³/mol. The number of halogens is 1. The van der Waals surface area contributed by atoms with Gasteiger partial charge in [0.25, 0.3) is 0 Å². The van der Waals surface area contributed by atoms with Crippen LogP contribution in [0.25, 0.3) is 0 Å². The Morgan fingerprint density at radius 3 is 2.72 bits per heavy atom. The maximum atomic E-state index is 6.25. The molecule has 0 radical (unpaired) electrons. The summed E-state index contributed by atoms with van der Waals surface area (Å²) in [4.78, 5) is 2.35. The van der Waals surface area contributed by atoms with Crippen molar-refractivity contribution in [3.8, 4) is 11.5 Å². The average Bonchev–Trinajstić information content (AvgIpc) is 2.87. The molecule has 0 bridgehead atoms. The average molecular weight is 269 g/mol. The fourth-order valence-electron chi connectivity index (χ4n) is 2.55. The molecular weight excluding hydrogens is 252 g/mol. The van der Waals surface area contributed by atoms with Crippen LogP contribution in [0.15, 0.2) is 12.1 Å². The predicted octanol–water partition coefficient (Wildman–Crippen LogP) is 2.57. The second-order valence-corrected chi connectivity index (χ2v) is 5.46. The Balaban J connectivity index is 1.77. The van der Waals surface area contributed by atoms with Crippen molar-refractivity contribution < 1.29 is 9.47 Å². The maximum Gasteiger partial charge on any atom is 0.231 e. The van der Waals surface area contributed by atoms with E-state index in [0.717, 1.165) is 30.2 Å². The third-order valence-electron chi connectivity index (χ3n) is 3.71. The molecule has 1 aromatic carbocycles. The molecule has 0 spiro atoms. The molecule has 18 heavy (non-hydrogen) atoms. The highest BCUT2D eigenvalue weighted by atomic mass is 35.5. The number of hydrogen-bond acceptors (Lipinski definition) is 4. The molecule has 0 aromatic heterocycles. The number of nitrogens with one attached hydrogen (secondary N) is 1. The lowest BCUT2D eigenvalue weighted by atomic mass is 10.2. The molecular formula is C13H17ClN2O2. The van der Waals surface area contributed by atoms with E-state index in [0.29, 0.717) is 17.1 Å². The topological polar surface area (TPSA) is 33.7 Å². The van der Waals surface area contributed by atoms with Gasteiger partial charge in [-0.3, -0.25) is 0 Å². The number of anilines is 1. The van der Waals surface area contributed by atoms with Crippen LogP contribution < -0.4 is 14.8 Å². The van der Waals surface area contributed by atoms with Crippen molar-refractivity contribution in [3.63, 3.8) is 0 Å². The molecule has 0 amide bonds. The van der Waals surface area contributed by atoms with E-state index in [-0.39, 0.29) is 6.79 Å². The first-order valence-corrected chi connectivity index (χ1v) is 6.57. The Morgan fingerprint density at radius 2 is 2.06 bits per heavy atom. The minimum absolute atomic E-state index is 0.276. The van der Waals surface area contributed by atoms with Gasteiger partial charge >= 0.3 is 0 Å². The fraction of sp³-hybridized carbons (Fsp3) is 0.538. The number of ether oxygens (including phenoxy) is 2. The van der Waals surface area contributed by atoms with E-state index in [1.165, 1.54) is 0 Å². The second-order valence-electron chi connectivity index (χ2n) is 5.05. The van der Waals surface area contributed by atoms with Crippen LogP contribution in [0.5, 0.6) is 11.5 Å². The van der Waals surface area contributed by atoms with Crippen LogP contribution in [0.2, 0.25) is 5.02 Å². The highest BCUT2D eigenvalue weighted by Gasteiger charge is 2.27. The monoisotopic (exact) mass is 268 g/mol. The van der Waals surface area contributed by atoms with Gasteiger partial charge in [0.05, 0.1) is 10.7 Å². The zero-order valence-electron chi connectivity index (χ0n) is 10.6. The summed E-state index contributed by atoms with van der Waals surface area (Å²) in [6, 6.07) is 4.78. The second kappa shape index (κ2) is 4.52. The molecule has 2 heterocycles.